The Kier molecular flexibility index (Phi) is 5.16. The molecule has 0 saturated carbocycles. The number of sulfone groups is 1. The lowest BCUT2D eigenvalue weighted by molar-refractivity contribution is -0.119. The number of ether oxygens (including phenoxy) is 1. The molecule has 4 rings (SSSR count). The van der Waals surface area contributed by atoms with Gasteiger partial charge in [-0.3, -0.25) is 4.79 Å². The first-order valence-corrected chi connectivity index (χ1v) is 11.6. The Morgan fingerprint density at radius 1 is 1.14 bits per heavy atom. The maximum absolute atomic E-state index is 12.4. The van der Waals surface area contributed by atoms with Crippen molar-refractivity contribution in [3.63, 3.8) is 0 Å². The van der Waals surface area contributed by atoms with Gasteiger partial charge < -0.3 is 9.64 Å². The average molecular weight is 417 g/mol. The van der Waals surface area contributed by atoms with Gasteiger partial charge in [0.25, 0.3) is 5.91 Å². The second-order valence-corrected chi connectivity index (χ2v) is 10.3. The van der Waals surface area contributed by atoms with Crippen LogP contribution in [0.15, 0.2) is 59.6 Å². The molecular formula is C20H20N2O4S2. The zero-order chi connectivity index (χ0) is 19.7. The van der Waals surface area contributed by atoms with E-state index in [9.17, 15) is 13.2 Å². The minimum atomic E-state index is -3.08. The Bertz CT molecular complexity index is 1000. The molecule has 0 bridgehead atoms. The van der Waals surface area contributed by atoms with Crippen LogP contribution in [0.5, 0.6) is 5.75 Å². The largest absolute Gasteiger partial charge is 0.484 e. The summed E-state index contributed by atoms with van der Waals surface area (Å²) in [6.07, 6.45) is 0. The van der Waals surface area contributed by atoms with E-state index < -0.39 is 15.7 Å². The molecule has 2 aliphatic rings. The van der Waals surface area contributed by atoms with Crippen LogP contribution in [0.1, 0.15) is 5.56 Å². The van der Waals surface area contributed by atoms with Crippen molar-refractivity contribution in [3.05, 3.63) is 60.2 Å². The number of anilines is 1. The van der Waals surface area contributed by atoms with Gasteiger partial charge in [-0.05, 0) is 31.2 Å². The molecule has 0 aliphatic carbocycles. The average Bonchev–Trinajstić information content (AvgIpc) is 3.12. The fraction of sp³-hybridized carbons (Fsp3) is 0.300. The topological polar surface area (TPSA) is 76.0 Å². The molecule has 2 aliphatic heterocycles. The number of aryl methyl sites for hydroxylation is 1. The van der Waals surface area contributed by atoms with Gasteiger partial charge in [-0.2, -0.15) is 4.99 Å². The molecule has 2 aromatic carbocycles. The number of aliphatic imine (C=N–C) groups is 1. The zero-order valence-electron chi connectivity index (χ0n) is 15.3. The summed E-state index contributed by atoms with van der Waals surface area (Å²) in [5.74, 6) is 0.393. The molecular weight excluding hydrogens is 396 g/mol. The number of fused-ring (bicyclic) bond motifs is 1. The minimum Gasteiger partial charge on any atom is -0.484 e. The van der Waals surface area contributed by atoms with Crippen LogP contribution in [0.25, 0.3) is 0 Å². The molecule has 8 heteroatoms. The van der Waals surface area contributed by atoms with Crippen molar-refractivity contribution in [2.75, 3.05) is 23.0 Å². The Morgan fingerprint density at radius 3 is 2.57 bits per heavy atom. The summed E-state index contributed by atoms with van der Waals surface area (Å²) >= 11 is 1.36. The van der Waals surface area contributed by atoms with Crippen molar-refractivity contribution < 1.29 is 17.9 Å². The van der Waals surface area contributed by atoms with Gasteiger partial charge in [0.1, 0.15) is 5.75 Å². The standard InChI is InChI=1S/C20H20N2O4S2/c1-14-7-9-15(10-8-14)22-17-12-28(24,25)13-18(17)27-20(22)21-19(23)11-26-16-5-3-2-4-6-16/h2-10,17-18H,11-13H2,1H3/t17-,18-/m0/s1. The molecule has 0 spiro atoms. The normalized spacial score (nSPS) is 24.3. The number of hydrogen-bond donors (Lipinski definition) is 0. The number of para-hydroxylation sites is 1. The fourth-order valence-corrected chi connectivity index (χ4v) is 7.30. The first-order valence-electron chi connectivity index (χ1n) is 8.94. The lowest BCUT2D eigenvalue weighted by Crippen LogP contribution is -2.37. The highest BCUT2D eigenvalue weighted by molar-refractivity contribution is 8.16. The molecule has 2 fully saturated rings. The summed E-state index contributed by atoms with van der Waals surface area (Å²) < 4.78 is 29.7. The van der Waals surface area contributed by atoms with Crippen molar-refractivity contribution in [2.24, 2.45) is 4.99 Å². The van der Waals surface area contributed by atoms with Crippen LogP contribution in [0, 0.1) is 6.92 Å². The van der Waals surface area contributed by atoms with Crippen LogP contribution >= 0.6 is 11.8 Å². The lowest BCUT2D eigenvalue weighted by atomic mass is 10.1. The van der Waals surface area contributed by atoms with E-state index in [-0.39, 0.29) is 29.4 Å². The Morgan fingerprint density at radius 2 is 1.86 bits per heavy atom. The van der Waals surface area contributed by atoms with Gasteiger partial charge in [0.05, 0.1) is 17.5 Å². The zero-order valence-corrected chi connectivity index (χ0v) is 16.9. The van der Waals surface area contributed by atoms with E-state index in [1.54, 1.807) is 12.1 Å². The second kappa shape index (κ2) is 7.60. The van der Waals surface area contributed by atoms with E-state index in [1.807, 2.05) is 54.3 Å². The van der Waals surface area contributed by atoms with Crippen molar-refractivity contribution in [3.8, 4) is 5.75 Å². The van der Waals surface area contributed by atoms with E-state index in [1.165, 1.54) is 11.8 Å². The first-order chi connectivity index (χ1) is 13.4. The number of hydrogen-bond acceptors (Lipinski definition) is 5. The van der Waals surface area contributed by atoms with Gasteiger partial charge in [-0.15, -0.1) is 0 Å². The Balaban J connectivity index is 1.56. The van der Waals surface area contributed by atoms with Crippen LogP contribution in [0.2, 0.25) is 0 Å². The summed E-state index contributed by atoms with van der Waals surface area (Å²) in [7, 11) is -3.08. The summed E-state index contributed by atoms with van der Waals surface area (Å²) in [5.41, 5.74) is 1.95. The number of thioether (sulfide) groups is 1. The third-order valence-corrected chi connectivity index (χ3v) is 7.91. The quantitative estimate of drug-likeness (QED) is 0.763. The highest BCUT2D eigenvalue weighted by Crippen LogP contribution is 2.40. The van der Waals surface area contributed by atoms with E-state index in [4.69, 9.17) is 4.74 Å². The number of rotatable bonds is 4. The number of amidine groups is 1. The number of carbonyl (C=O) groups excluding carboxylic acids is 1. The van der Waals surface area contributed by atoms with Crippen LogP contribution in [0.4, 0.5) is 5.69 Å². The first kappa shape index (κ1) is 19.0. The number of amides is 1. The fourth-order valence-electron chi connectivity index (χ4n) is 3.37. The van der Waals surface area contributed by atoms with E-state index in [2.05, 4.69) is 4.99 Å². The lowest BCUT2D eigenvalue weighted by Gasteiger charge is -2.24. The van der Waals surface area contributed by atoms with Crippen LogP contribution in [-0.2, 0) is 14.6 Å². The van der Waals surface area contributed by atoms with Gasteiger partial charge in [0, 0.05) is 10.9 Å². The molecule has 6 nitrogen and oxygen atoms in total. The number of nitrogens with zero attached hydrogens (tertiary/aromatic N) is 2. The Hall–Kier alpha value is -2.32. The minimum absolute atomic E-state index is 0.0757. The maximum atomic E-state index is 12.4. The molecule has 2 heterocycles. The summed E-state index contributed by atoms with van der Waals surface area (Å²) in [4.78, 5) is 18.5. The molecule has 0 N–H and O–H groups in total. The van der Waals surface area contributed by atoms with Crippen LogP contribution in [-0.4, -0.2) is 48.9 Å². The molecule has 2 atom stereocenters. The monoisotopic (exact) mass is 416 g/mol. The third kappa shape index (κ3) is 4.07. The summed E-state index contributed by atoms with van der Waals surface area (Å²) in [6.45, 7) is 1.83. The van der Waals surface area contributed by atoms with Gasteiger partial charge in [-0.1, -0.05) is 47.7 Å². The summed E-state index contributed by atoms with van der Waals surface area (Å²) in [6, 6.07) is 16.7. The van der Waals surface area contributed by atoms with Crippen molar-refractivity contribution >= 4 is 38.4 Å². The molecule has 0 unspecified atom stereocenters. The molecule has 146 valence electrons. The van der Waals surface area contributed by atoms with Gasteiger partial charge in [-0.25, -0.2) is 8.42 Å². The third-order valence-electron chi connectivity index (χ3n) is 4.70. The highest BCUT2D eigenvalue weighted by atomic mass is 32.2. The SMILES string of the molecule is Cc1ccc(N2C(=NC(=O)COc3ccccc3)S[C@H]3CS(=O)(=O)C[C@@H]32)cc1. The maximum Gasteiger partial charge on any atom is 0.285 e. The molecule has 2 saturated heterocycles. The Labute approximate surface area is 168 Å². The summed E-state index contributed by atoms with van der Waals surface area (Å²) in [5, 5.41) is 0.420. The molecule has 1 amide bonds. The predicted octanol–water partition coefficient (Wildman–Crippen LogP) is 2.68. The predicted molar refractivity (Wildman–Crippen MR) is 112 cm³/mol. The van der Waals surface area contributed by atoms with E-state index in [0.29, 0.717) is 10.9 Å². The molecule has 0 radical (unpaired) electrons. The van der Waals surface area contributed by atoms with E-state index >= 15 is 0 Å². The molecule has 28 heavy (non-hydrogen) atoms. The van der Waals surface area contributed by atoms with E-state index in [0.717, 1.165) is 11.3 Å². The van der Waals surface area contributed by atoms with Crippen LogP contribution < -0.4 is 9.64 Å². The van der Waals surface area contributed by atoms with Gasteiger partial charge >= 0.3 is 0 Å². The van der Waals surface area contributed by atoms with Crippen LogP contribution in [0.3, 0.4) is 0 Å². The number of carbonyl (C=O) groups is 1. The van der Waals surface area contributed by atoms with Gasteiger partial charge in [0.15, 0.2) is 21.6 Å². The highest BCUT2D eigenvalue weighted by Gasteiger charge is 2.49. The smallest absolute Gasteiger partial charge is 0.285 e. The van der Waals surface area contributed by atoms with Crippen molar-refractivity contribution in [1.29, 1.82) is 0 Å². The second-order valence-electron chi connectivity index (χ2n) is 6.90. The van der Waals surface area contributed by atoms with Gasteiger partial charge in [0.2, 0.25) is 0 Å². The number of benzene rings is 2. The van der Waals surface area contributed by atoms with Crippen molar-refractivity contribution in [1.82, 2.24) is 0 Å². The van der Waals surface area contributed by atoms with Crippen molar-refractivity contribution in [2.45, 2.75) is 18.2 Å². The molecule has 2 aromatic rings. The molecule has 0 aromatic heterocycles.